The molecule has 1 saturated heterocycles. The molecule has 128 valence electrons. The van der Waals surface area contributed by atoms with Crippen molar-refractivity contribution in [2.75, 3.05) is 13.1 Å². The van der Waals surface area contributed by atoms with Crippen molar-refractivity contribution < 1.29 is 19.5 Å². The van der Waals surface area contributed by atoms with E-state index in [0.717, 1.165) is 25.8 Å². The maximum atomic E-state index is 10.9. The average Bonchev–Trinajstić information content (AvgIpc) is 3.03. The number of carboxylic acid groups (broad SMARTS) is 1. The van der Waals surface area contributed by atoms with Gasteiger partial charge in [0.15, 0.2) is 0 Å². The normalized spacial score (nSPS) is 21.8. The number of aromatic carboxylic acids is 1. The third-order valence-electron chi connectivity index (χ3n) is 4.51. The Labute approximate surface area is 139 Å². The summed E-state index contributed by atoms with van der Waals surface area (Å²) in [6.07, 6.45) is 2.50. The van der Waals surface area contributed by atoms with E-state index in [1.807, 2.05) is 6.92 Å². The molecule has 2 heterocycles. The Morgan fingerprint density at radius 3 is 2.79 bits per heavy atom. The number of hydrogen-bond acceptors (Lipinski definition) is 6. The lowest BCUT2D eigenvalue weighted by Crippen LogP contribution is -2.47. The molecule has 0 amide bonds. The molecule has 0 radical (unpaired) electrons. The Morgan fingerprint density at radius 1 is 1.38 bits per heavy atom. The third-order valence-corrected chi connectivity index (χ3v) is 4.51. The highest BCUT2D eigenvalue weighted by molar-refractivity contribution is 5.88. The highest BCUT2D eigenvalue weighted by atomic mass is 16.5. The molecule has 1 aliphatic heterocycles. The first-order chi connectivity index (χ1) is 11.5. The van der Waals surface area contributed by atoms with Crippen molar-refractivity contribution >= 4 is 5.97 Å². The highest BCUT2D eigenvalue weighted by Gasteiger charge is 2.32. The molecule has 1 aliphatic rings. The van der Waals surface area contributed by atoms with E-state index in [0.29, 0.717) is 30.4 Å². The van der Waals surface area contributed by atoms with Crippen LogP contribution < -0.4 is 0 Å². The number of carbonyl (C=O) groups is 1. The van der Waals surface area contributed by atoms with Crippen molar-refractivity contribution in [1.82, 2.24) is 15.0 Å². The van der Waals surface area contributed by atoms with Gasteiger partial charge >= 0.3 is 5.97 Å². The number of hydrogen-bond donors (Lipinski definition) is 2. The zero-order chi connectivity index (χ0) is 17.2. The fourth-order valence-corrected chi connectivity index (χ4v) is 3.02. The van der Waals surface area contributed by atoms with Gasteiger partial charge in [0.1, 0.15) is 0 Å². The first-order valence-electron chi connectivity index (χ1n) is 8.10. The number of aromatic nitrogens is 2. The van der Waals surface area contributed by atoms with Gasteiger partial charge in [-0.05, 0) is 37.9 Å². The maximum absolute atomic E-state index is 10.9. The van der Waals surface area contributed by atoms with E-state index < -0.39 is 11.6 Å². The molecule has 3 rings (SSSR count). The smallest absolute Gasteiger partial charge is 0.335 e. The van der Waals surface area contributed by atoms with E-state index >= 15 is 0 Å². The molecular formula is C17H21N3O4. The van der Waals surface area contributed by atoms with Crippen LogP contribution in [0.4, 0.5) is 0 Å². The molecule has 0 unspecified atom stereocenters. The molecule has 0 bridgehead atoms. The predicted molar refractivity (Wildman–Crippen MR) is 86.4 cm³/mol. The second-order valence-corrected chi connectivity index (χ2v) is 6.29. The fourth-order valence-electron chi connectivity index (χ4n) is 3.02. The topological polar surface area (TPSA) is 99.7 Å². The van der Waals surface area contributed by atoms with E-state index in [2.05, 4.69) is 15.0 Å². The highest BCUT2D eigenvalue weighted by Crippen LogP contribution is 2.25. The fraction of sp³-hybridized carbons (Fsp3) is 0.471. The number of nitrogens with zero attached hydrogens (tertiary/aromatic N) is 3. The Hall–Kier alpha value is -2.25. The molecule has 0 spiro atoms. The van der Waals surface area contributed by atoms with Crippen LogP contribution in [0.2, 0.25) is 0 Å². The van der Waals surface area contributed by atoms with E-state index in [1.165, 1.54) is 12.1 Å². The van der Waals surface area contributed by atoms with E-state index in [4.69, 9.17) is 9.63 Å². The van der Waals surface area contributed by atoms with Gasteiger partial charge in [-0.3, -0.25) is 4.90 Å². The van der Waals surface area contributed by atoms with Gasteiger partial charge in [-0.1, -0.05) is 24.2 Å². The van der Waals surface area contributed by atoms with Crippen LogP contribution in [-0.4, -0.2) is 49.9 Å². The Kier molecular flexibility index (Phi) is 4.64. The number of β-amino-alcohol motifs (C(OH)–C–C–N with tert-alkyl or cyclic N) is 1. The summed E-state index contributed by atoms with van der Waals surface area (Å²) in [5.41, 5.74) is 0.293. The quantitative estimate of drug-likeness (QED) is 0.866. The molecule has 24 heavy (non-hydrogen) atoms. The predicted octanol–water partition coefficient (Wildman–Crippen LogP) is 2.17. The summed E-state index contributed by atoms with van der Waals surface area (Å²) < 4.78 is 5.30. The number of carboxylic acids is 1. The summed E-state index contributed by atoms with van der Waals surface area (Å²) in [4.78, 5) is 17.4. The monoisotopic (exact) mass is 331 g/mol. The van der Waals surface area contributed by atoms with Gasteiger partial charge in [0.25, 0.3) is 0 Å². The summed E-state index contributed by atoms with van der Waals surface area (Å²) in [5.74, 6) is -0.0405. The van der Waals surface area contributed by atoms with Crippen molar-refractivity contribution in [1.29, 1.82) is 0 Å². The van der Waals surface area contributed by atoms with Crippen molar-refractivity contribution in [2.45, 2.75) is 38.3 Å². The van der Waals surface area contributed by atoms with Crippen LogP contribution in [0.25, 0.3) is 11.4 Å². The molecule has 7 heteroatoms. The molecular weight excluding hydrogens is 310 g/mol. The first-order valence-corrected chi connectivity index (χ1v) is 8.10. The molecule has 0 saturated carbocycles. The summed E-state index contributed by atoms with van der Waals surface area (Å²) in [6.45, 7) is 4.00. The number of piperidine rings is 1. The van der Waals surface area contributed by atoms with Crippen LogP contribution in [0.5, 0.6) is 0 Å². The standard InChI is InChI=1S/C17H21N3O4/c1-2-17(23)8-3-9-20(11-17)10-14-18-15(19-24-14)12-4-6-13(7-5-12)16(21)22/h4-7,23H,2-3,8-11H2,1H3,(H,21,22)/t17-/m0/s1. The SMILES string of the molecule is CC[C@]1(O)CCCN(Cc2nc(-c3ccc(C(=O)O)cc3)no2)C1. The molecule has 1 aromatic heterocycles. The van der Waals surface area contributed by atoms with Crippen LogP contribution in [0.3, 0.4) is 0 Å². The molecule has 2 aromatic rings. The van der Waals surface area contributed by atoms with E-state index in [9.17, 15) is 9.90 Å². The van der Waals surface area contributed by atoms with Crippen LogP contribution in [-0.2, 0) is 6.54 Å². The lowest BCUT2D eigenvalue weighted by atomic mass is 9.90. The molecule has 7 nitrogen and oxygen atoms in total. The summed E-state index contributed by atoms with van der Waals surface area (Å²) in [5, 5.41) is 23.3. The van der Waals surface area contributed by atoms with Crippen molar-refractivity contribution in [3.63, 3.8) is 0 Å². The van der Waals surface area contributed by atoms with Gasteiger partial charge in [-0.15, -0.1) is 0 Å². The van der Waals surface area contributed by atoms with E-state index in [1.54, 1.807) is 12.1 Å². The maximum Gasteiger partial charge on any atom is 0.335 e. The van der Waals surface area contributed by atoms with Crippen molar-refractivity contribution in [3.8, 4) is 11.4 Å². The van der Waals surface area contributed by atoms with Gasteiger partial charge in [0.05, 0.1) is 17.7 Å². The lowest BCUT2D eigenvalue weighted by molar-refractivity contribution is -0.0380. The van der Waals surface area contributed by atoms with Crippen LogP contribution >= 0.6 is 0 Å². The minimum atomic E-state index is -0.969. The van der Waals surface area contributed by atoms with Gasteiger partial charge in [-0.2, -0.15) is 4.98 Å². The van der Waals surface area contributed by atoms with Crippen LogP contribution in [0.15, 0.2) is 28.8 Å². The first kappa shape index (κ1) is 16.6. The molecule has 0 aliphatic carbocycles. The van der Waals surface area contributed by atoms with Gasteiger partial charge in [0, 0.05) is 12.1 Å². The minimum Gasteiger partial charge on any atom is -0.478 e. The summed E-state index contributed by atoms with van der Waals surface area (Å²) >= 11 is 0. The Balaban J connectivity index is 1.68. The zero-order valence-electron chi connectivity index (χ0n) is 13.6. The number of benzene rings is 1. The number of rotatable bonds is 5. The molecule has 2 N–H and O–H groups in total. The average molecular weight is 331 g/mol. The second kappa shape index (κ2) is 6.70. The molecule has 1 fully saturated rings. The van der Waals surface area contributed by atoms with Crippen LogP contribution in [0.1, 0.15) is 42.4 Å². The van der Waals surface area contributed by atoms with Crippen molar-refractivity contribution in [2.24, 2.45) is 0 Å². The van der Waals surface area contributed by atoms with Gasteiger partial charge < -0.3 is 14.7 Å². The number of aliphatic hydroxyl groups is 1. The Bertz CT molecular complexity index is 713. The van der Waals surface area contributed by atoms with E-state index in [-0.39, 0.29) is 5.56 Å². The molecule has 1 atom stereocenters. The zero-order valence-corrected chi connectivity index (χ0v) is 13.6. The largest absolute Gasteiger partial charge is 0.478 e. The third kappa shape index (κ3) is 3.63. The Morgan fingerprint density at radius 2 is 2.12 bits per heavy atom. The lowest BCUT2D eigenvalue weighted by Gasteiger charge is -2.38. The number of likely N-dealkylation sites (tertiary alicyclic amines) is 1. The van der Waals surface area contributed by atoms with Gasteiger partial charge in [0.2, 0.25) is 11.7 Å². The van der Waals surface area contributed by atoms with Crippen molar-refractivity contribution in [3.05, 3.63) is 35.7 Å². The second-order valence-electron chi connectivity index (χ2n) is 6.29. The molecule has 1 aromatic carbocycles. The van der Waals surface area contributed by atoms with Gasteiger partial charge in [-0.25, -0.2) is 4.79 Å². The minimum absolute atomic E-state index is 0.217. The van der Waals surface area contributed by atoms with Crippen LogP contribution in [0, 0.1) is 0 Å². The summed E-state index contributed by atoms with van der Waals surface area (Å²) in [6, 6.07) is 6.35. The summed E-state index contributed by atoms with van der Waals surface area (Å²) in [7, 11) is 0.